The first-order valence-electron chi connectivity index (χ1n) is 9.46. The first-order chi connectivity index (χ1) is 15.4. The van der Waals surface area contributed by atoms with Gasteiger partial charge in [0.25, 0.3) is 5.91 Å². The number of anilines is 1. The van der Waals surface area contributed by atoms with Crippen LogP contribution in [0, 0.1) is 0 Å². The zero-order valence-corrected chi connectivity index (χ0v) is 19.7. The molecule has 0 aliphatic carbocycles. The second-order valence-electron chi connectivity index (χ2n) is 7.36. The van der Waals surface area contributed by atoms with Crippen molar-refractivity contribution >= 4 is 61.6 Å². The second-order valence-corrected chi connectivity index (χ2v) is 11.6. The van der Waals surface area contributed by atoms with E-state index in [1.54, 1.807) is 24.3 Å². The summed E-state index contributed by atoms with van der Waals surface area (Å²) in [5.41, 5.74) is -1.01. The number of thioether (sulfide) groups is 1. The van der Waals surface area contributed by atoms with E-state index in [1.165, 1.54) is 11.0 Å². The summed E-state index contributed by atoms with van der Waals surface area (Å²) in [6, 6.07) is 8.92. The molecule has 6 nitrogen and oxygen atoms in total. The van der Waals surface area contributed by atoms with Crippen molar-refractivity contribution in [3.63, 3.8) is 0 Å². The Bertz CT molecular complexity index is 1220. The fourth-order valence-electron chi connectivity index (χ4n) is 3.56. The minimum Gasteiger partial charge on any atom is -0.484 e. The molecule has 0 bridgehead atoms. The molecule has 0 aromatic heterocycles. The van der Waals surface area contributed by atoms with Crippen molar-refractivity contribution in [2.75, 3.05) is 23.0 Å². The molecule has 33 heavy (non-hydrogen) atoms. The quantitative estimate of drug-likeness (QED) is 0.561. The van der Waals surface area contributed by atoms with Crippen molar-refractivity contribution in [1.29, 1.82) is 0 Å². The molecule has 1 amide bonds. The molecule has 4 rings (SSSR count). The highest BCUT2D eigenvalue weighted by atomic mass is 35.5. The van der Waals surface area contributed by atoms with E-state index >= 15 is 0 Å². The van der Waals surface area contributed by atoms with Crippen LogP contribution in [0.25, 0.3) is 0 Å². The summed E-state index contributed by atoms with van der Waals surface area (Å²) < 4.78 is 69.8. The average Bonchev–Trinajstić information content (AvgIpc) is 3.18. The molecule has 2 fully saturated rings. The van der Waals surface area contributed by atoms with E-state index in [1.807, 2.05) is 0 Å². The number of aliphatic imine (C=N–C) groups is 1. The number of carbonyl (C=O) groups is 1. The largest absolute Gasteiger partial charge is 0.484 e. The van der Waals surface area contributed by atoms with Crippen LogP contribution in [-0.4, -0.2) is 48.9 Å². The molecule has 2 saturated heterocycles. The monoisotopic (exact) mass is 538 g/mol. The summed E-state index contributed by atoms with van der Waals surface area (Å²) in [4.78, 5) is 17.8. The van der Waals surface area contributed by atoms with Gasteiger partial charge in [-0.2, -0.15) is 18.2 Å². The molecule has 0 unspecified atom stereocenters. The lowest BCUT2D eigenvalue weighted by Crippen LogP contribution is -2.38. The molecule has 2 aromatic carbocycles. The minimum atomic E-state index is -4.71. The number of carbonyl (C=O) groups excluding carboxylic acids is 1. The van der Waals surface area contributed by atoms with Crippen LogP contribution in [0.3, 0.4) is 0 Å². The molecule has 2 aliphatic rings. The van der Waals surface area contributed by atoms with E-state index < -0.39 is 50.4 Å². The Morgan fingerprint density at radius 1 is 1.15 bits per heavy atom. The summed E-state index contributed by atoms with van der Waals surface area (Å²) in [6.45, 7) is -0.415. The molecule has 2 heterocycles. The number of amides is 1. The molecule has 2 atom stereocenters. The molecule has 0 spiro atoms. The first kappa shape index (κ1) is 24.2. The number of fused-ring (bicyclic) bond motifs is 1. The van der Waals surface area contributed by atoms with Crippen LogP contribution in [0.4, 0.5) is 18.9 Å². The number of hydrogen-bond donors (Lipinski definition) is 0. The lowest BCUT2D eigenvalue weighted by molar-refractivity contribution is -0.137. The van der Waals surface area contributed by atoms with Gasteiger partial charge < -0.3 is 9.64 Å². The van der Waals surface area contributed by atoms with E-state index in [2.05, 4.69) is 4.99 Å². The molecule has 13 heteroatoms. The van der Waals surface area contributed by atoms with Crippen molar-refractivity contribution in [3.8, 4) is 5.75 Å². The van der Waals surface area contributed by atoms with Gasteiger partial charge in [0.15, 0.2) is 21.6 Å². The predicted octanol–water partition coefficient (Wildman–Crippen LogP) is 4.69. The van der Waals surface area contributed by atoms with Crippen molar-refractivity contribution < 1.29 is 31.1 Å². The van der Waals surface area contributed by atoms with Gasteiger partial charge in [-0.05, 0) is 42.5 Å². The topological polar surface area (TPSA) is 76.0 Å². The third-order valence-electron chi connectivity index (χ3n) is 5.00. The Hall–Kier alpha value is -1.95. The van der Waals surface area contributed by atoms with Crippen LogP contribution < -0.4 is 9.64 Å². The smallest absolute Gasteiger partial charge is 0.417 e. The summed E-state index contributed by atoms with van der Waals surface area (Å²) in [5.74, 6) is -0.708. The zero-order valence-electron chi connectivity index (χ0n) is 16.6. The normalized spacial score (nSPS) is 23.1. The molecular formula is C20H15Cl2F3N2O4S2. The fourth-order valence-corrected chi connectivity index (χ4v) is 7.84. The van der Waals surface area contributed by atoms with Crippen LogP contribution in [-0.2, 0) is 20.8 Å². The number of nitrogens with zero attached hydrogens (tertiary/aromatic N) is 2. The van der Waals surface area contributed by atoms with E-state index in [4.69, 9.17) is 27.9 Å². The first-order valence-corrected chi connectivity index (χ1v) is 12.9. The Morgan fingerprint density at radius 2 is 1.85 bits per heavy atom. The van der Waals surface area contributed by atoms with E-state index in [9.17, 15) is 26.4 Å². The highest BCUT2D eigenvalue weighted by Crippen LogP contribution is 2.43. The standard InChI is InChI=1S/C20H15Cl2F3N2O4S2/c21-11-1-4-13(5-2-11)31-8-18(28)26-19-27(16-9-33(29,30)10-17(16)32-19)12-3-6-15(22)14(7-12)20(23,24)25/h1-7,16-17H,8-10H2/t16-,17+/m0/s1. The van der Waals surface area contributed by atoms with Crippen molar-refractivity contribution in [3.05, 3.63) is 58.1 Å². The Labute approximate surface area is 201 Å². The van der Waals surface area contributed by atoms with E-state index in [0.717, 1.165) is 23.9 Å². The summed E-state index contributed by atoms with van der Waals surface area (Å²) in [7, 11) is -3.38. The number of sulfone groups is 1. The zero-order chi connectivity index (χ0) is 24.0. The highest BCUT2D eigenvalue weighted by Gasteiger charge is 2.49. The van der Waals surface area contributed by atoms with Crippen molar-refractivity contribution in [2.24, 2.45) is 4.99 Å². The number of benzene rings is 2. The molecule has 2 aromatic rings. The molecular weight excluding hydrogens is 524 g/mol. The average molecular weight is 539 g/mol. The van der Waals surface area contributed by atoms with Crippen LogP contribution in [0.1, 0.15) is 5.56 Å². The van der Waals surface area contributed by atoms with Crippen molar-refractivity contribution in [2.45, 2.75) is 17.5 Å². The van der Waals surface area contributed by atoms with Crippen LogP contribution >= 0.6 is 35.0 Å². The van der Waals surface area contributed by atoms with Crippen LogP contribution in [0.2, 0.25) is 10.0 Å². The number of amidine groups is 1. The van der Waals surface area contributed by atoms with Gasteiger partial charge in [-0.1, -0.05) is 35.0 Å². The maximum absolute atomic E-state index is 13.4. The number of hydrogen-bond acceptors (Lipinski definition) is 5. The predicted molar refractivity (Wildman–Crippen MR) is 122 cm³/mol. The Kier molecular flexibility index (Phi) is 6.60. The molecule has 0 N–H and O–H groups in total. The van der Waals surface area contributed by atoms with Gasteiger partial charge in [0.2, 0.25) is 0 Å². The molecule has 0 saturated carbocycles. The highest BCUT2D eigenvalue weighted by molar-refractivity contribution is 8.16. The van der Waals surface area contributed by atoms with Gasteiger partial charge in [-0.3, -0.25) is 4.79 Å². The molecule has 176 valence electrons. The second kappa shape index (κ2) is 9.01. The minimum absolute atomic E-state index is 0.0500. The number of rotatable bonds is 4. The van der Waals surface area contributed by atoms with Gasteiger partial charge in [0.05, 0.1) is 28.1 Å². The Balaban J connectivity index is 1.63. The van der Waals surface area contributed by atoms with Gasteiger partial charge in [-0.25, -0.2) is 8.42 Å². The summed E-state index contributed by atoms with van der Waals surface area (Å²) in [6.07, 6.45) is -4.71. The number of halogens is 5. The SMILES string of the molecule is O=C(COc1ccc(Cl)cc1)N=C1S[C@@H]2CS(=O)(=O)C[C@@H]2N1c1ccc(Cl)c(C(F)(F)F)c1. The lowest BCUT2D eigenvalue weighted by Gasteiger charge is -2.25. The third kappa shape index (κ3) is 5.42. The maximum Gasteiger partial charge on any atom is 0.417 e. The number of ether oxygens (including phenoxy) is 1. The van der Waals surface area contributed by atoms with E-state index in [0.29, 0.717) is 10.8 Å². The van der Waals surface area contributed by atoms with E-state index in [-0.39, 0.29) is 22.4 Å². The van der Waals surface area contributed by atoms with Gasteiger partial charge in [0, 0.05) is 16.0 Å². The molecule has 2 aliphatic heterocycles. The fraction of sp³-hybridized carbons (Fsp3) is 0.300. The van der Waals surface area contributed by atoms with Gasteiger partial charge in [-0.15, -0.1) is 0 Å². The summed E-state index contributed by atoms with van der Waals surface area (Å²) >= 11 is 12.6. The maximum atomic E-state index is 13.4. The van der Waals surface area contributed by atoms with Crippen molar-refractivity contribution in [1.82, 2.24) is 0 Å². The number of alkyl halides is 3. The lowest BCUT2D eigenvalue weighted by atomic mass is 10.1. The van der Waals surface area contributed by atoms with Gasteiger partial charge in [0.1, 0.15) is 5.75 Å². The molecule has 0 radical (unpaired) electrons. The van der Waals surface area contributed by atoms with Crippen LogP contribution in [0.5, 0.6) is 5.75 Å². The van der Waals surface area contributed by atoms with Gasteiger partial charge >= 0.3 is 6.18 Å². The van der Waals surface area contributed by atoms with Crippen LogP contribution in [0.15, 0.2) is 47.5 Å². The third-order valence-corrected chi connectivity index (χ3v) is 8.79. The summed E-state index contributed by atoms with van der Waals surface area (Å²) in [5, 5.41) is -0.349. The Morgan fingerprint density at radius 3 is 2.52 bits per heavy atom.